The highest BCUT2D eigenvalue weighted by Crippen LogP contribution is 2.38. The average molecular weight is 1110 g/mol. The van der Waals surface area contributed by atoms with Gasteiger partial charge in [0.2, 0.25) is 11.6 Å². The molecule has 0 unspecified atom stereocenters. The summed E-state index contributed by atoms with van der Waals surface area (Å²) in [4.78, 5) is 12.3. The standard InChI is InChI=1S/C44H18Br4F10N4/c45-15-3-1-4-16(46)27(15)29-19-7-11-23(59-19)31(33-35(49)39(53)43(57)40(54)36(33)50)25-13-9-21(61-25)30(28-17(47)5-2-6-18(28)48)22-10-14-26(62-22)32(24-12-8-20(29)60-24)34-37(51)41(55)44(58)42(56)38(34)52/h1-14,59-62H. The van der Waals surface area contributed by atoms with Gasteiger partial charge >= 0.3 is 0 Å². The lowest BCUT2D eigenvalue weighted by Crippen LogP contribution is -2.21. The second-order valence-corrected chi connectivity index (χ2v) is 17.1. The number of rotatable bonds is 4. The second kappa shape index (κ2) is 15.8. The first-order chi connectivity index (χ1) is 29.6. The molecule has 62 heavy (non-hydrogen) atoms. The molecular weight excluding hydrogens is 1090 g/mol. The van der Waals surface area contributed by atoms with Crippen LogP contribution in [0.3, 0.4) is 0 Å². The summed E-state index contributed by atoms with van der Waals surface area (Å²) < 4.78 is 155. The molecule has 18 heteroatoms. The van der Waals surface area contributed by atoms with E-state index in [0.29, 0.717) is 29.0 Å². The molecule has 312 valence electrons. The summed E-state index contributed by atoms with van der Waals surface area (Å²) in [6.07, 6.45) is 0. The topological polar surface area (TPSA) is 63.2 Å². The van der Waals surface area contributed by atoms with E-state index in [0.717, 1.165) is 0 Å². The largest absolute Gasteiger partial charge is 0.354 e. The van der Waals surface area contributed by atoms with E-state index in [9.17, 15) is 8.78 Å². The van der Waals surface area contributed by atoms with Crippen molar-refractivity contribution in [3.63, 3.8) is 0 Å². The van der Waals surface area contributed by atoms with Crippen LogP contribution in [0.25, 0.3) is 22.3 Å². The molecule has 0 spiro atoms. The van der Waals surface area contributed by atoms with E-state index >= 15 is 35.1 Å². The molecule has 1 aliphatic rings. The quantitative estimate of drug-likeness (QED) is 0.0771. The SMILES string of the molecule is Fc1c(F)c(F)c(C2=c3ccc([nH]3)=C(c3c(Br)cccc3Br)c3ccc([nH]3)C(c3c(F)c(F)c(F)c(F)c3F)=c3ccc([nH]3)=C(c3c(Br)cccc3Br)c3ccc2[nH]3)c(F)c1F. The number of aromatic amines is 4. The van der Waals surface area contributed by atoms with Crippen molar-refractivity contribution in [1.29, 1.82) is 0 Å². The fourth-order valence-electron chi connectivity index (χ4n) is 7.53. The molecule has 9 rings (SSSR count). The van der Waals surface area contributed by atoms with E-state index < -0.39 is 80.4 Å². The predicted molar refractivity (Wildman–Crippen MR) is 224 cm³/mol. The van der Waals surface area contributed by atoms with E-state index in [-0.39, 0.29) is 55.3 Å². The highest BCUT2D eigenvalue weighted by Gasteiger charge is 2.32. The lowest BCUT2D eigenvalue weighted by molar-refractivity contribution is 0.376. The van der Waals surface area contributed by atoms with Gasteiger partial charge in [-0.15, -0.1) is 0 Å². The van der Waals surface area contributed by atoms with Gasteiger partial charge in [-0.05, 0) is 72.8 Å². The Morgan fingerprint density at radius 3 is 0.742 bits per heavy atom. The Morgan fingerprint density at radius 1 is 0.258 bits per heavy atom. The molecule has 8 bridgehead atoms. The highest BCUT2D eigenvalue weighted by molar-refractivity contribution is 9.11. The van der Waals surface area contributed by atoms with Crippen LogP contribution >= 0.6 is 63.7 Å². The van der Waals surface area contributed by atoms with Crippen molar-refractivity contribution in [2.75, 3.05) is 0 Å². The number of nitrogens with one attached hydrogen (secondary N) is 4. The van der Waals surface area contributed by atoms with Gasteiger partial charge in [0.05, 0.1) is 11.1 Å². The van der Waals surface area contributed by atoms with Crippen molar-refractivity contribution in [3.05, 3.63) is 227 Å². The van der Waals surface area contributed by atoms with Gasteiger partial charge in [-0.2, -0.15) is 0 Å². The van der Waals surface area contributed by atoms with E-state index in [1.54, 1.807) is 36.4 Å². The summed E-state index contributed by atoms with van der Waals surface area (Å²) in [6.45, 7) is 0. The number of H-pyrrole nitrogens is 4. The van der Waals surface area contributed by atoms with E-state index in [4.69, 9.17) is 0 Å². The Labute approximate surface area is 374 Å². The van der Waals surface area contributed by atoms with E-state index in [2.05, 4.69) is 83.7 Å². The molecule has 0 radical (unpaired) electrons. The molecule has 4 nitrogen and oxygen atoms in total. The van der Waals surface area contributed by atoms with Crippen LogP contribution in [0.1, 0.15) is 45.0 Å². The van der Waals surface area contributed by atoms with Crippen LogP contribution in [0.4, 0.5) is 43.9 Å². The van der Waals surface area contributed by atoms with Gasteiger partial charge in [-0.3, -0.25) is 0 Å². The number of hydrogen-bond acceptors (Lipinski definition) is 0. The Balaban J connectivity index is 1.53. The minimum absolute atomic E-state index is 0.129. The predicted octanol–water partition coefficient (Wildman–Crippen LogP) is 10.7. The summed E-state index contributed by atoms with van der Waals surface area (Å²) >= 11 is 14.2. The van der Waals surface area contributed by atoms with Crippen molar-refractivity contribution in [2.24, 2.45) is 0 Å². The Hall–Kier alpha value is -5.30. The van der Waals surface area contributed by atoms with E-state index in [1.807, 2.05) is 0 Å². The van der Waals surface area contributed by atoms with E-state index in [1.165, 1.54) is 48.5 Å². The zero-order valence-corrected chi connectivity index (χ0v) is 36.7. The molecule has 0 amide bonds. The molecule has 0 saturated carbocycles. The first-order valence-electron chi connectivity index (χ1n) is 17.8. The fraction of sp³-hybridized carbons (Fsp3) is 0. The lowest BCUT2D eigenvalue weighted by atomic mass is 10.00. The molecule has 0 saturated heterocycles. The highest BCUT2D eigenvalue weighted by atomic mass is 79.9. The minimum atomic E-state index is -2.35. The molecule has 5 heterocycles. The van der Waals surface area contributed by atoms with Crippen LogP contribution in [0.2, 0.25) is 0 Å². The van der Waals surface area contributed by atoms with Gasteiger partial charge in [0, 0.05) is 95.5 Å². The Bertz CT molecular complexity index is 3170. The van der Waals surface area contributed by atoms with Crippen molar-refractivity contribution >= 4 is 86.0 Å². The maximum absolute atomic E-state index is 16.0. The molecule has 4 aromatic carbocycles. The minimum Gasteiger partial charge on any atom is -0.354 e. The molecule has 1 aliphatic heterocycles. The van der Waals surface area contributed by atoms with Crippen molar-refractivity contribution in [1.82, 2.24) is 19.9 Å². The monoisotopic (exact) mass is 1110 g/mol. The smallest absolute Gasteiger partial charge is 0.200 e. The third kappa shape index (κ3) is 6.59. The zero-order chi connectivity index (χ0) is 44.0. The van der Waals surface area contributed by atoms with Gasteiger partial charge in [-0.25, -0.2) is 43.9 Å². The second-order valence-electron chi connectivity index (χ2n) is 13.7. The van der Waals surface area contributed by atoms with Gasteiger partial charge < -0.3 is 19.9 Å². The van der Waals surface area contributed by atoms with Gasteiger partial charge in [-0.1, -0.05) is 75.9 Å². The van der Waals surface area contributed by atoms with Gasteiger partial charge in [0.1, 0.15) is 0 Å². The van der Waals surface area contributed by atoms with Crippen LogP contribution in [-0.4, -0.2) is 19.9 Å². The molecule has 4 aromatic heterocycles. The van der Waals surface area contributed by atoms with Crippen LogP contribution in [0.15, 0.2) is 103 Å². The maximum atomic E-state index is 16.0. The van der Waals surface area contributed by atoms with Crippen LogP contribution in [0, 0.1) is 58.2 Å². The maximum Gasteiger partial charge on any atom is 0.200 e. The Kier molecular flexibility index (Phi) is 10.7. The third-order valence-corrected chi connectivity index (χ3v) is 12.9. The fourth-order valence-corrected chi connectivity index (χ4v) is 10.3. The molecule has 0 fully saturated rings. The molecule has 8 aromatic rings. The van der Waals surface area contributed by atoms with Crippen molar-refractivity contribution < 1.29 is 43.9 Å². The first-order valence-corrected chi connectivity index (χ1v) is 20.9. The summed E-state index contributed by atoms with van der Waals surface area (Å²) in [6, 6.07) is 21.4. The lowest BCUT2D eigenvalue weighted by Gasteiger charge is -2.14. The van der Waals surface area contributed by atoms with Gasteiger partial charge in [0.25, 0.3) is 0 Å². The van der Waals surface area contributed by atoms with Crippen LogP contribution in [-0.2, 0) is 0 Å². The molecule has 4 N–H and O–H groups in total. The summed E-state index contributed by atoms with van der Waals surface area (Å²) in [7, 11) is 0. The number of halogens is 14. The van der Waals surface area contributed by atoms with Crippen molar-refractivity contribution in [3.8, 4) is 0 Å². The average Bonchev–Trinajstić information content (AvgIpc) is 4.10. The number of hydrogen-bond donors (Lipinski definition) is 4. The first kappa shape index (κ1) is 42.0. The number of aromatic nitrogens is 4. The zero-order valence-electron chi connectivity index (χ0n) is 30.4. The van der Waals surface area contributed by atoms with Crippen LogP contribution < -0.4 is 21.4 Å². The normalized spacial score (nSPS) is 12.9. The Morgan fingerprint density at radius 2 is 0.484 bits per heavy atom. The van der Waals surface area contributed by atoms with Gasteiger partial charge in [0.15, 0.2) is 46.5 Å². The summed E-state index contributed by atoms with van der Waals surface area (Å²) in [5.74, 6) is -21.8. The molecule has 0 aliphatic carbocycles. The number of benzene rings is 4. The number of fused-ring (bicyclic) bond motifs is 8. The van der Waals surface area contributed by atoms with Crippen LogP contribution in [0.5, 0.6) is 0 Å². The summed E-state index contributed by atoms with van der Waals surface area (Å²) in [5.41, 5.74) is -1.96. The van der Waals surface area contributed by atoms with Crippen molar-refractivity contribution in [2.45, 2.75) is 0 Å². The molecular formula is C44H18Br4F10N4. The summed E-state index contributed by atoms with van der Waals surface area (Å²) in [5, 5.41) is 0.0855. The third-order valence-electron chi connectivity index (χ3n) is 10.2. The molecule has 0 atom stereocenters.